The number of aromatic nitrogens is 3. The molecular weight excluding hydrogens is 285 g/mol. The first-order valence-corrected chi connectivity index (χ1v) is 6.73. The molecule has 0 saturated carbocycles. The highest BCUT2D eigenvalue weighted by Crippen LogP contribution is 2.30. The number of fused-ring (bicyclic) bond motifs is 1. The number of H-pyrrole nitrogens is 1. The van der Waals surface area contributed by atoms with Crippen molar-refractivity contribution in [2.75, 3.05) is 18.5 Å². The summed E-state index contributed by atoms with van der Waals surface area (Å²) in [5.74, 6) is -0.959. The van der Waals surface area contributed by atoms with Gasteiger partial charge in [0.25, 0.3) is 0 Å². The second-order valence-corrected chi connectivity index (χ2v) is 5.12. The summed E-state index contributed by atoms with van der Waals surface area (Å²) in [6.45, 7) is 2.90. The summed E-state index contributed by atoms with van der Waals surface area (Å²) in [5.41, 5.74) is 0.920. The Labute approximate surface area is 118 Å². The molecule has 1 aliphatic rings. The molecule has 3 heterocycles. The molecule has 1 aliphatic heterocycles. The number of aromatic amines is 1. The van der Waals surface area contributed by atoms with E-state index in [2.05, 4.69) is 20.3 Å². The molecule has 0 aliphatic carbocycles. The predicted octanol–water partition coefficient (Wildman–Crippen LogP) is 2.88. The van der Waals surface area contributed by atoms with Gasteiger partial charge in [0.2, 0.25) is 5.82 Å². The van der Waals surface area contributed by atoms with E-state index in [1.807, 2.05) is 0 Å². The Kier molecular flexibility index (Phi) is 3.48. The van der Waals surface area contributed by atoms with Crippen molar-refractivity contribution in [1.82, 2.24) is 15.0 Å². The molecule has 2 N–H and O–H groups in total. The minimum absolute atomic E-state index is 0.0180. The van der Waals surface area contributed by atoms with Crippen LogP contribution in [0.25, 0.3) is 11.0 Å². The smallest absolute Gasteiger partial charge is 0.376 e. The van der Waals surface area contributed by atoms with Crippen LogP contribution in [-0.2, 0) is 10.9 Å². The summed E-state index contributed by atoms with van der Waals surface area (Å²) in [4.78, 5) is 9.99. The van der Waals surface area contributed by atoms with E-state index in [-0.39, 0.29) is 17.6 Å². The van der Waals surface area contributed by atoms with E-state index < -0.39 is 12.0 Å². The topological polar surface area (TPSA) is 62.8 Å². The molecule has 2 aromatic heterocycles. The molecule has 1 fully saturated rings. The van der Waals surface area contributed by atoms with Crippen molar-refractivity contribution < 1.29 is 17.9 Å². The Balaban J connectivity index is 1.93. The normalized spacial score (nSPS) is 19.3. The number of alkyl halides is 3. The summed E-state index contributed by atoms with van der Waals surface area (Å²) in [5, 5.41) is 3.51. The van der Waals surface area contributed by atoms with E-state index in [9.17, 15) is 13.2 Å². The first-order chi connectivity index (χ1) is 9.93. The van der Waals surface area contributed by atoms with Crippen LogP contribution in [0.3, 0.4) is 0 Å². The van der Waals surface area contributed by atoms with Gasteiger partial charge in [-0.3, -0.25) is 0 Å². The van der Waals surface area contributed by atoms with Crippen molar-refractivity contribution in [3.05, 3.63) is 17.6 Å². The van der Waals surface area contributed by atoms with Gasteiger partial charge in [0, 0.05) is 18.8 Å². The third kappa shape index (κ3) is 2.94. The second-order valence-electron chi connectivity index (χ2n) is 5.12. The number of anilines is 1. The maximum atomic E-state index is 12.9. The first kappa shape index (κ1) is 14.1. The number of ether oxygens (including phenoxy) is 1. The Morgan fingerprint density at radius 2 is 2.24 bits per heavy atom. The molecule has 0 spiro atoms. The van der Waals surface area contributed by atoms with Gasteiger partial charge in [-0.15, -0.1) is 0 Å². The van der Waals surface area contributed by atoms with Gasteiger partial charge in [-0.25, -0.2) is 9.97 Å². The van der Waals surface area contributed by atoms with E-state index in [1.165, 1.54) is 0 Å². The lowest BCUT2D eigenvalue weighted by Crippen LogP contribution is -2.20. The fraction of sp³-hybridized carbons (Fsp3) is 0.538. The van der Waals surface area contributed by atoms with Gasteiger partial charge in [-0.05, 0) is 25.8 Å². The van der Waals surface area contributed by atoms with Crippen LogP contribution < -0.4 is 5.32 Å². The predicted molar refractivity (Wildman–Crippen MR) is 71.1 cm³/mol. The van der Waals surface area contributed by atoms with Crippen LogP contribution in [0.1, 0.15) is 24.4 Å². The van der Waals surface area contributed by atoms with Crippen LogP contribution >= 0.6 is 0 Å². The Bertz CT molecular complexity index is 647. The highest BCUT2D eigenvalue weighted by atomic mass is 19.4. The third-order valence-corrected chi connectivity index (χ3v) is 3.40. The molecule has 1 saturated heterocycles. The second kappa shape index (κ2) is 5.18. The molecule has 1 unspecified atom stereocenters. The number of nitrogens with zero attached hydrogens (tertiary/aromatic N) is 2. The number of hydrogen-bond donors (Lipinski definition) is 2. The number of halogens is 3. The molecular formula is C13H15F3N4O. The Morgan fingerprint density at radius 3 is 2.90 bits per heavy atom. The monoisotopic (exact) mass is 300 g/mol. The zero-order valence-electron chi connectivity index (χ0n) is 11.4. The Hall–Kier alpha value is -1.83. The quantitative estimate of drug-likeness (QED) is 0.915. The van der Waals surface area contributed by atoms with Crippen LogP contribution in [0.2, 0.25) is 0 Å². The highest BCUT2D eigenvalue weighted by Gasteiger charge is 2.36. The number of aryl methyl sites for hydroxylation is 1. The summed E-state index contributed by atoms with van der Waals surface area (Å²) < 4.78 is 44.0. The van der Waals surface area contributed by atoms with Crippen LogP contribution in [0.4, 0.5) is 19.0 Å². The molecule has 0 radical (unpaired) electrons. The van der Waals surface area contributed by atoms with Crippen molar-refractivity contribution in [1.29, 1.82) is 0 Å². The van der Waals surface area contributed by atoms with Gasteiger partial charge in [0.15, 0.2) is 0 Å². The molecule has 0 bridgehead atoms. The standard InChI is InChI=1S/C13H15F3N4O/c1-7-5-9-10(17-6-8-3-2-4-21-8)19-12(13(14,15)16)20-11(9)18-7/h5,8H,2-4,6H2,1H3,(H2,17,18,19,20). The van der Waals surface area contributed by atoms with Gasteiger partial charge in [-0.2, -0.15) is 13.2 Å². The average molecular weight is 300 g/mol. The number of hydrogen-bond acceptors (Lipinski definition) is 4. The van der Waals surface area contributed by atoms with E-state index in [1.54, 1.807) is 13.0 Å². The van der Waals surface area contributed by atoms with Crippen molar-refractivity contribution in [3.8, 4) is 0 Å². The summed E-state index contributed by atoms with van der Waals surface area (Å²) >= 11 is 0. The molecule has 114 valence electrons. The Morgan fingerprint density at radius 1 is 1.43 bits per heavy atom. The summed E-state index contributed by atoms with van der Waals surface area (Å²) in [6, 6.07) is 1.73. The average Bonchev–Trinajstić information content (AvgIpc) is 3.02. The molecule has 8 heteroatoms. The van der Waals surface area contributed by atoms with Crippen LogP contribution in [-0.4, -0.2) is 34.2 Å². The maximum absolute atomic E-state index is 12.9. The van der Waals surface area contributed by atoms with Crippen molar-refractivity contribution >= 4 is 16.9 Å². The third-order valence-electron chi connectivity index (χ3n) is 3.40. The SMILES string of the molecule is Cc1cc2c(NCC3CCCO3)nc(C(F)(F)F)nc2[nH]1. The van der Waals surface area contributed by atoms with E-state index >= 15 is 0 Å². The van der Waals surface area contributed by atoms with Gasteiger partial charge in [-0.1, -0.05) is 0 Å². The van der Waals surface area contributed by atoms with Gasteiger partial charge >= 0.3 is 6.18 Å². The zero-order valence-corrected chi connectivity index (χ0v) is 11.4. The minimum atomic E-state index is -4.58. The molecule has 1 atom stereocenters. The zero-order chi connectivity index (χ0) is 15.0. The van der Waals surface area contributed by atoms with Gasteiger partial charge in [0.05, 0.1) is 11.5 Å². The van der Waals surface area contributed by atoms with Crippen LogP contribution in [0.5, 0.6) is 0 Å². The molecule has 5 nitrogen and oxygen atoms in total. The highest BCUT2D eigenvalue weighted by molar-refractivity contribution is 5.87. The lowest BCUT2D eigenvalue weighted by molar-refractivity contribution is -0.144. The lowest BCUT2D eigenvalue weighted by Gasteiger charge is -2.13. The fourth-order valence-corrected chi connectivity index (χ4v) is 2.42. The number of nitrogens with one attached hydrogen (secondary N) is 2. The molecule has 2 aromatic rings. The van der Waals surface area contributed by atoms with Crippen LogP contribution in [0.15, 0.2) is 6.07 Å². The van der Waals surface area contributed by atoms with Crippen LogP contribution in [0, 0.1) is 6.92 Å². The van der Waals surface area contributed by atoms with Gasteiger partial charge in [0.1, 0.15) is 11.5 Å². The molecule has 0 aromatic carbocycles. The fourth-order valence-electron chi connectivity index (χ4n) is 2.42. The van der Waals surface area contributed by atoms with E-state index in [4.69, 9.17) is 4.74 Å². The molecule has 0 amide bonds. The van der Waals surface area contributed by atoms with Crippen molar-refractivity contribution in [3.63, 3.8) is 0 Å². The van der Waals surface area contributed by atoms with Crippen molar-refractivity contribution in [2.45, 2.75) is 32.0 Å². The molecule has 21 heavy (non-hydrogen) atoms. The van der Waals surface area contributed by atoms with Gasteiger partial charge < -0.3 is 15.0 Å². The maximum Gasteiger partial charge on any atom is 0.451 e. The largest absolute Gasteiger partial charge is 0.451 e. The van der Waals surface area contributed by atoms with Crippen molar-refractivity contribution in [2.24, 2.45) is 0 Å². The summed E-state index contributed by atoms with van der Waals surface area (Å²) in [7, 11) is 0. The minimum Gasteiger partial charge on any atom is -0.376 e. The lowest BCUT2D eigenvalue weighted by atomic mass is 10.2. The number of rotatable bonds is 3. The summed E-state index contributed by atoms with van der Waals surface area (Å²) in [6.07, 6.45) is -2.68. The van der Waals surface area contributed by atoms with E-state index in [0.717, 1.165) is 18.5 Å². The first-order valence-electron chi connectivity index (χ1n) is 6.73. The molecule has 3 rings (SSSR count). The van der Waals surface area contributed by atoms with E-state index in [0.29, 0.717) is 18.5 Å².